The predicted molar refractivity (Wildman–Crippen MR) is 193 cm³/mol. The summed E-state index contributed by atoms with van der Waals surface area (Å²) in [6.45, 7) is 13.6. The smallest absolute Gasteiger partial charge is 0.282 e. The number of nitrogens with zero attached hydrogens (tertiary/aromatic N) is 3. The minimum Gasteiger partial charge on any atom is -0.494 e. The molecule has 0 radical (unpaired) electrons. The minimum absolute atomic E-state index is 0.196. The third-order valence-electron chi connectivity index (χ3n) is 7.51. The van der Waals surface area contributed by atoms with Crippen LogP contribution < -0.4 is 19.8 Å². The van der Waals surface area contributed by atoms with Crippen LogP contribution in [0.5, 0.6) is 17.2 Å². The Hall–Kier alpha value is -3.95. The number of hydrogen-bond acceptors (Lipinski definition) is 6. The van der Waals surface area contributed by atoms with Crippen LogP contribution >= 0.6 is 31.9 Å². The Labute approximate surface area is 286 Å². The fourth-order valence-electron chi connectivity index (χ4n) is 5.25. The second-order valence-corrected chi connectivity index (χ2v) is 12.8. The van der Waals surface area contributed by atoms with Crippen LogP contribution in [0.3, 0.4) is 0 Å². The van der Waals surface area contributed by atoms with E-state index in [9.17, 15) is 4.79 Å². The highest BCUT2D eigenvalue weighted by molar-refractivity contribution is 9.13. The van der Waals surface area contributed by atoms with Crippen molar-refractivity contribution >= 4 is 49.0 Å². The van der Waals surface area contributed by atoms with E-state index in [4.69, 9.17) is 24.3 Å². The van der Waals surface area contributed by atoms with Crippen LogP contribution in [-0.2, 0) is 6.61 Å². The Morgan fingerprint density at radius 3 is 2.35 bits per heavy atom. The molecule has 0 aliphatic rings. The van der Waals surface area contributed by atoms with Gasteiger partial charge in [0, 0.05) is 15.6 Å². The van der Waals surface area contributed by atoms with Gasteiger partial charge in [-0.25, -0.2) is 4.98 Å². The van der Waals surface area contributed by atoms with Gasteiger partial charge >= 0.3 is 0 Å². The fourth-order valence-corrected chi connectivity index (χ4v) is 6.18. The average molecular weight is 748 g/mol. The molecule has 0 aliphatic heterocycles. The molecule has 1 aromatic heterocycles. The van der Waals surface area contributed by atoms with Crippen molar-refractivity contribution < 1.29 is 14.2 Å². The highest BCUT2D eigenvalue weighted by Crippen LogP contribution is 2.43. The molecule has 4 aromatic carbocycles. The summed E-state index contributed by atoms with van der Waals surface area (Å²) in [5.74, 6) is 2.60. The maximum absolute atomic E-state index is 14.0. The van der Waals surface area contributed by atoms with Gasteiger partial charge in [-0.05, 0) is 112 Å². The molecule has 0 N–H and O–H groups in total. The Morgan fingerprint density at radius 2 is 1.63 bits per heavy atom. The van der Waals surface area contributed by atoms with Crippen molar-refractivity contribution in [2.24, 2.45) is 5.10 Å². The van der Waals surface area contributed by atoms with Gasteiger partial charge in [0.1, 0.15) is 12.4 Å². The molecule has 0 atom stereocenters. The molecule has 0 unspecified atom stereocenters. The number of aryl methyl sites for hydroxylation is 2. The summed E-state index contributed by atoms with van der Waals surface area (Å²) in [6, 6.07) is 21.4. The first-order chi connectivity index (χ1) is 22.1. The van der Waals surface area contributed by atoms with E-state index in [0.717, 1.165) is 33.6 Å². The number of fused-ring (bicyclic) bond motifs is 1. The quantitative estimate of drug-likeness (QED) is 0.126. The van der Waals surface area contributed by atoms with Gasteiger partial charge in [0.2, 0.25) is 0 Å². The summed E-state index contributed by atoms with van der Waals surface area (Å²) >= 11 is 7.43. The lowest BCUT2D eigenvalue weighted by Gasteiger charge is -2.18. The highest BCUT2D eigenvalue weighted by Gasteiger charge is 2.20. The molecule has 0 saturated carbocycles. The third-order valence-corrected chi connectivity index (χ3v) is 9.65. The van der Waals surface area contributed by atoms with E-state index < -0.39 is 0 Å². The van der Waals surface area contributed by atoms with Crippen molar-refractivity contribution in [3.8, 4) is 28.6 Å². The maximum Gasteiger partial charge on any atom is 0.282 e. The number of para-hydroxylation sites is 1. The van der Waals surface area contributed by atoms with Crippen molar-refractivity contribution in [1.29, 1.82) is 0 Å². The van der Waals surface area contributed by atoms with Gasteiger partial charge in [0.15, 0.2) is 17.3 Å². The molecule has 0 spiro atoms. The van der Waals surface area contributed by atoms with Gasteiger partial charge in [-0.1, -0.05) is 55.8 Å². The van der Waals surface area contributed by atoms with Crippen LogP contribution in [0.2, 0.25) is 0 Å². The van der Waals surface area contributed by atoms with Gasteiger partial charge in [0.25, 0.3) is 5.56 Å². The summed E-state index contributed by atoms with van der Waals surface area (Å²) < 4.78 is 21.0. The average Bonchev–Trinajstić information content (AvgIpc) is 3.03. The van der Waals surface area contributed by atoms with E-state index in [1.807, 2.05) is 63.2 Å². The predicted octanol–water partition coefficient (Wildman–Crippen LogP) is 9.59. The topological polar surface area (TPSA) is 74.9 Å². The lowest BCUT2D eigenvalue weighted by molar-refractivity contribution is 0.267. The SMILES string of the molecule is CCOc1cc(C)c(-c2nc3ccccc3c(=O)n2N=Cc2cc(OCC)c(OCc3cccc(C)c3)c(Br)c2Br)cc1C(C)C. The molecule has 0 saturated heterocycles. The lowest BCUT2D eigenvalue weighted by atomic mass is 9.96. The van der Waals surface area contributed by atoms with E-state index >= 15 is 0 Å². The van der Waals surface area contributed by atoms with Crippen LogP contribution in [0.15, 0.2) is 85.6 Å². The van der Waals surface area contributed by atoms with Gasteiger partial charge < -0.3 is 14.2 Å². The molecule has 0 amide bonds. The van der Waals surface area contributed by atoms with Gasteiger partial charge in [-0.2, -0.15) is 9.78 Å². The van der Waals surface area contributed by atoms with Crippen molar-refractivity contribution in [3.63, 3.8) is 0 Å². The molecule has 7 nitrogen and oxygen atoms in total. The van der Waals surface area contributed by atoms with E-state index in [1.54, 1.807) is 12.3 Å². The van der Waals surface area contributed by atoms with Gasteiger partial charge in [-0.3, -0.25) is 4.79 Å². The first-order valence-corrected chi connectivity index (χ1v) is 16.9. The Balaban J connectivity index is 1.63. The molecule has 5 rings (SSSR count). The molecule has 238 valence electrons. The summed E-state index contributed by atoms with van der Waals surface area (Å²) in [5.41, 5.74) is 6.01. The van der Waals surface area contributed by atoms with Crippen molar-refractivity contribution in [2.45, 2.75) is 54.1 Å². The Morgan fingerprint density at radius 1 is 0.891 bits per heavy atom. The molecule has 46 heavy (non-hydrogen) atoms. The van der Waals surface area contributed by atoms with Gasteiger partial charge in [0.05, 0.1) is 34.8 Å². The van der Waals surface area contributed by atoms with Crippen molar-refractivity contribution in [3.05, 3.63) is 114 Å². The molecule has 9 heteroatoms. The zero-order valence-electron chi connectivity index (χ0n) is 26.9. The third kappa shape index (κ3) is 7.05. The first kappa shape index (κ1) is 33.4. The molecule has 1 heterocycles. The zero-order valence-corrected chi connectivity index (χ0v) is 30.0. The molecular weight excluding hydrogens is 710 g/mol. The van der Waals surface area contributed by atoms with E-state index in [1.165, 1.54) is 4.68 Å². The molecule has 5 aromatic rings. The van der Waals surface area contributed by atoms with E-state index in [-0.39, 0.29) is 11.5 Å². The Bertz CT molecular complexity index is 1980. The number of ether oxygens (including phenoxy) is 3. The molecule has 0 fully saturated rings. The number of halogens is 2. The van der Waals surface area contributed by atoms with E-state index in [2.05, 4.69) is 70.8 Å². The van der Waals surface area contributed by atoms with Crippen LogP contribution in [0.1, 0.15) is 61.4 Å². The second kappa shape index (κ2) is 14.6. The zero-order chi connectivity index (χ0) is 33.0. The van der Waals surface area contributed by atoms with Crippen molar-refractivity contribution in [2.75, 3.05) is 13.2 Å². The number of benzene rings is 4. The lowest BCUT2D eigenvalue weighted by Crippen LogP contribution is -2.21. The second-order valence-electron chi connectivity index (χ2n) is 11.2. The largest absolute Gasteiger partial charge is 0.494 e. The van der Waals surface area contributed by atoms with E-state index in [0.29, 0.717) is 62.6 Å². The van der Waals surface area contributed by atoms with Crippen LogP contribution in [0, 0.1) is 13.8 Å². The summed E-state index contributed by atoms with van der Waals surface area (Å²) in [4.78, 5) is 18.9. The standard InChI is InChI=1S/C37H37Br2N3O4/c1-7-44-31-17-24(6)29(19-28(31)22(3)4)36-41-30-15-10-9-14-27(30)37(43)42(36)40-20-26-18-32(45-8-2)35(34(39)33(26)38)46-21-25-13-11-12-23(5)16-25/h9-20,22H,7-8,21H2,1-6H3. The fraction of sp³-hybridized carbons (Fsp3) is 0.270. The van der Waals surface area contributed by atoms with Crippen molar-refractivity contribution in [1.82, 2.24) is 9.66 Å². The van der Waals surface area contributed by atoms with Crippen LogP contribution in [0.4, 0.5) is 0 Å². The minimum atomic E-state index is -0.269. The maximum atomic E-state index is 14.0. The summed E-state index contributed by atoms with van der Waals surface area (Å²) in [6.07, 6.45) is 1.64. The monoisotopic (exact) mass is 745 g/mol. The number of aromatic nitrogens is 2. The van der Waals surface area contributed by atoms with Crippen LogP contribution in [-0.4, -0.2) is 29.1 Å². The summed E-state index contributed by atoms with van der Waals surface area (Å²) in [5, 5.41) is 5.23. The highest BCUT2D eigenvalue weighted by atomic mass is 79.9. The van der Waals surface area contributed by atoms with Crippen LogP contribution in [0.25, 0.3) is 22.3 Å². The van der Waals surface area contributed by atoms with Gasteiger partial charge in [-0.15, -0.1) is 0 Å². The normalized spacial score (nSPS) is 11.5. The Kier molecular flexibility index (Phi) is 10.6. The molecular formula is C37H37Br2N3O4. The number of rotatable bonds is 11. The number of hydrogen-bond donors (Lipinski definition) is 0. The first-order valence-electron chi connectivity index (χ1n) is 15.3. The molecule has 0 bridgehead atoms. The summed E-state index contributed by atoms with van der Waals surface area (Å²) in [7, 11) is 0. The molecule has 0 aliphatic carbocycles.